The summed E-state index contributed by atoms with van der Waals surface area (Å²) in [5, 5.41) is 3.41. The first-order valence-electron chi connectivity index (χ1n) is 5.39. The molecule has 0 atom stereocenters. The number of hydrogen-bond donors (Lipinski definition) is 1. The van der Waals surface area contributed by atoms with Crippen LogP contribution in [0.5, 0.6) is 0 Å². The highest BCUT2D eigenvalue weighted by Crippen LogP contribution is 2.18. The molecule has 0 bridgehead atoms. The van der Waals surface area contributed by atoms with Crippen LogP contribution in [0.3, 0.4) is 0 Å². The fourth-order valence-electron chi connectivity index (χ4n) is 1.92. The third-order valence-electron chi connectivity index (χ3n) is 2.94. The molecule has 0 spiro atoms. The molecule has 2 rings (SSSR count). The second-order valence-electron chi connectivity index (χ2n) is 4.61. The molecule has 0 unspecified atom stereocenters. The van der Waals surface area contributed by atoms with E-state index in [4.69, 9.17) is 0 Å². The molecule has 1 aromatic heterocycles. The lowest BCUT2D eigenvalue weighted by Gasteiger charge is -2.42. The van der Waals surface area contributed by atoms with Crippen molar-refractivity contribution < 1.29 is 0 Å². The summed E-state index contributed by atoms with van der Waals surface area (Å²) >= 11 is 0. The van der Waals surface area contributed by atoms with Crippen molar-refractivity contribution in [3.05, 3.63) is 24.3 Å². The minimum absolute atomic E-state index is 0.204. The number of rotatable bonds is 2. The standard InChI is InChI=1S/C11H18N4/c1-11(2)9-13-5-6-15(11)8-10-7-12-3-4-14-10/h3-4,7,13H,5-6,8-9H2,1-2H3. The van der Waals surface area contributed by atoms with Gasteiger partial charge in [0.15, 0.2) is 0 Å². The van der Waals surface area contributed by atoms with Gasteiger partial charge in [-0.2, -0.15) is 0 Å². The van der Waals surface area contributed by atoms with Gasteiger partial charge in [0.05, 0.1) is 5.69 Å². The van der Waals surface area contributed by atoms with Crippen molar-refractivity contribution in [1.29, 1.82) is 0 Å². The molecule has 0 amide bonds. The van der Waals surface area contributed by atoms with Gasteiger partial charge in [0.1, 0.15) is 0 Å². The molecule has 1 aliphatic heterocycles. The summed E-state index contributed by atoms with van der Waals surface area (Å²) in [6, 6.07) is 0. The minimum atomic E-state index is 0.204. The van der Waals surface area contributed by atoms with Crippen LogP contribution in [0.2, 0.25) is 0 Å². The van der Waals surface area contributed by atoms with Crippen LogP contribution in [0.4, 0.5) is 0 Å². The molecular weight excluding hydrogens is 188 g/mol. The third-order valence-corrected chi connectivity index (χ3v) is 2.94. The second-order valence-corrected chi connectivity index (χ2v) is 4.61. The molecular formula is C11H18N4. The summed E-state index contributed by atoms with van der Waals surface area (Å²) in [5.74, 6) is 0. The first kappa shape index (κ1) is 10.5. The minimum Gasteiger partial charge on any atom is -0.314 e. The van der Waals surface area contributed by atoms with Gasteiger partial charge in [-0.25, -0.2) is 0 Å². The zero-order valence-corrected chi connectivity index (χ0v) is 9.40. The molecule has 15 heavy (non-hydrogen) atoms. The highest BCUT2D eigenvalue weighted by atomic mass is 15.3. The predicted octanol–water partition coefficient (Wildman–Crippen LogP) is 0.660. The molecule has 1 saturated heterocycles. The topological polar surface area (TPSA) is 41.0 Å². The van der Waals surface area contributed by atoms with Crippen LogP contribution in [0.15, 0.2) is 18.6 Å². The summed E-state index contributed by atoms with van der Waals surface area (Å²) in [5.41, 5.74) is 1.25. The Labute approximate surface area is 90.7 Å². The summed E-state index contributed by atoms with van der Waals surface area (Å²) in [4.78, 5) is 10.9. The molecule has 0 saturated carbocycles. The van der Waals surface area contributed by atoms with Crippen LogP contribution >= 0.6 is 0 Å². The van der Waals surface area contributed by atoms with E-state index in [0.29, 0.717) is 0 Å². The van der Waals surface area contributed by atoms with Crippen LogP contribution in [-0.2, 0) is 6.54 Å². The lowest BCUT2D eigenvalue weighted by Crippen LogP contribution is -2.57. The average Bonchev–Trinajstić information content (AvgIpc) is 2.23. The van der Waals surface area contributed by atoms with Crippen LogP contribution < -0.4 is 5.32 Å². The Kier molecular flexibility index (Phi) is 2.98. The molecule has 82 valence electrons. The van der Waals surface area contributed by atoms with Crippen molar-refractivity contribution in [2.24, 2.45) is 0 Å². The normalized spacial score (nSPS) is 21.5. The number of nitrogens with zero attached hydrogens (tertiary/aromatic N) is 3. The molecule has 4 heteroatoms. The molecule has 4 nitrogen and oxygen atoms in total. The average molecular weight is 206 g/mol. The van der Waals surface area contributed by atoms with Crippen LogP contribution in [0.25, 0.3) is 0 Å². The van der Waals surface area contributed by atoms with Crippen LogP contribution in [0, 0.1) is 0 Å². The maximum Gasteiger partial charge on any atom is 0.0727 e. The number of piperazine rings is 1. The van der Waals surface area contributed by atoms with E-state index in [0.717, 1.165) is 31.9 Å². The fourth-order valence-corrected chi connectivity index (χ4v) is 1.92. The van der Waals surface area contributed by atoms with Gasteiger partial charge in [-0.1, -0.05) is 0 Å². The van der Waals surface area contributed by atoms with E-state index in [1.54, 1.807) is 12.4 Å². The van der Waals surface area contributed by atoms with Crippen molar-refractivity contribution >= 4 is 0 Å². The maximum atomic E-state index is 4.31. The van der Waals surface area contributed by atoms with Gasteiger partial charge in [0.2, 0.25) is 0 Å². The molecule has 0 radical (unpaired) electrons. The van der Waals surface area contributed by atoms with Gasteiger partial charge < -0.3 is 5.32 Å². The molecule has 2 heterocycles. The van der Waals surface area contributed by atoms with Gasteiger partial charge in [-0.15, -0.1) is 0 Å². The SMILES string of the molecule is CC1(C)CNCCN1Cc1cnccn1. The van der Waals surface area contributed by atoms with Gasteiger partial charge in [0, 0.05) is 50.3 Å². The van der Waals surface area contributed by atoms with Crippen molar-refractivity contribution in [2.45, 2.75) is 25.9 Å². The molecule has 1 aliphatic rings. The Morgan fingerprint density at radius 1 is 1.47 bits per heavy atom. The van der Waals surface area contributed by atoms with Gasteiger partial charge in [0.25, 0.3) is 0 Å². The number of aromatic nitrogens is 2. The quantitative estimate of drug-likeness (QED) is 0.772. The van der Waals surface area contributed by atoms with E-state index in [9.17, 15) is 0 Å². The smallest absolute Gasteiger partial charge is 0.0727 e. The van der Waals surface area contributed by atoms with E-state index in [1.165, 1.54) is 0 Å². The van der Waals surface area contributed by atoms with Crippen LogP contribution in [0.1, 0.15) is 19.5 Å². The Morgan fingerprint density at radius 3 is 3.00 bits per heavy atom. The highest BCUT2D eigenvalue weighted by molar-refractivity contribution is 4.98. The summed E-state index contributed by atoms with van der Waals surface area (Å²) in [6.07, 6.45) is 5.31. The largest absolute Gasteiger partial charge is 0.314 e. The second kappa shape index (κ2) is 4.24. The van der Waals surface area contributed by atoms with Gasteiger partial charge in [-0.05, 0) is 13.8 Å². The van der Waals surface area contributed by atoms with Crippen molar-refractivity contribution in [3.8, 4) is 0 Å². The Bertz CT molecular complexity index is 310. The lowest BCUT2D eigenvalue weighted by atomic mass is 10.00. The van der Waals surface area contributed by atoms with E-state index in [-0.39, 0.29) is 5.54 Å². The van der Waals surface area contributed by atoms with E-state index in [2.05, 4.69) is 34.0 Å². The Balaban J connectivity index is 2.05. The zero-order valence-electron chi connectivity index (χ0n) is 9.40. The summed E-state index contributed by atoms with van der Waals surface area (Å²) in [7, 11) is 0. The van der Waals surface area contributed by atoms with Crippen LogP contribution in [-0.4, -0.2) is 40.0 Å². The monoisotopic (exact) mass is 206 g/mol. The first-order chi connectivity index (χ1) is 7.18. The predicted molar refractivity (Wildman–Crippen MR) is 59.4 cm³/mol. The maximum absolute atomic E-state index is 4.31. The lowest BCUT2D eigenvalue weighted by molar-refractivity contribution is 0.0813. The van der Waals surface area contributed by atoms with E-state index < -0.39 is 0 Å². The molecule has 1 N–H and O–H groups in total. The summed E-state index contributed by atoms with van der Waals surface area (Å²) in [6.45, 7) is 8.58. The third kappa shape index (κ3) is 2.52. The zero-order chi connectivity index (χ0) is 10.7. The summed E-state index contributed by atoms with van der Waals surface area (Å²) < 4.78 is 0. The molecule has 1 fully saturated rings. The highest BCUT2D eigenvalue weighted by Gasteiger charge is 2.29. The molecule has 0 aromatic carbocycles. The Hall–Kier alpha value is -1.00. The fraction of sp³-hybridized carbons (Fsp3) is 0.636. The van der Waals surface area contributed by atoms with Gasteiger partial charge in [-0.3, -0.25) is 14.9 Å². The van der Waals surface area contributed by atoms with E-state index in [1.807, 2.05) is 6.20 Å². The van der Waals surface area contributed by atoms with Crippen molar-refractivity contribution in [2.75, 3.05) is 19.6 Å². The first-order valence-corrected chi connectivity index (χ1v) is 5.39. The Morgan fingerprint density at radius 2 is 2.33 bits per heavy atom. The number of hydrogen-bond acceptors (Lipinski definition) is 4. The van der Waals surface area contributed by atoms with Crippen molar-refractivity contribution in [3.63, 3.8) is 0 Å². The number of nitrogens with one attached hydrogen (secondary N) is 1. The molecule has 1 aromatic rings. The van der Waals surface area contributed by atoms with Crippen molar-refractivity contribution in [1.82, 2.24) is 20.2 Å². The van der Waals surface area contributed by atoms with Gasteiger partial charge >= 0.3 is 0 Å². The van der Waals surface area contributed by atoms with E-state index >= 15 is 0 Å². The molecule has 0 aliphatic carbocycles.